The highest BCUT2D eigenvalue weighted by Gasteiger charge is 2.49. The van der Waals surface area contributed by atoms with Gasteiger partial charge in [0.05, 0.1) is 5.56 Å². The molecule has 13 heteroatoms. The summed E-state index contributed by atoms with van der Waals surface area (Å²) in [6.07, 6.45) is -0.964. The molecule has 7 nitrogen and oxygen atoms in total. The van der Waals surface area contributed by atoms with E-state index in [0.717, 1.165) is 4.47 Å². The van der Waals surface area contributed by atoms with Crippen molar-refractivity contribution in [1.82, 2.24) is 0 Å². The van der Waals surface area contributed by atoms with Gasteiger partial charge in [-0.25, -0.2) is 18.0 Å². The third-order valence-electron chi connectivity index (χ3n) is 3.93. The van der Waals surface area contributed by atoms with E-state index >= 15 is 0 Å². The van der Waals surface area contributed by atoms with E-state index in [1.54, 1.807) is 12.1 Å². The fraction of sp³-hybridized carbons (Fsp3) is 0.467. The molecule has 0 bridgehead atoms. The molecule has 0 radical (unpaired) electrons. The molecule has 28 heavy (non-hydrogen) atoms. The van der Waals surface area contributed by atoms with Gasteiger partial charge in [0.1, 0.15) is 12.2 Å². The maximum absolute atomic E-state index is 13.2. The van der Waals surface area contributed by atoms with Crippen LogP contribution < -0.4 is 0 Å². The number of hydrogen-bond acceptors (Lipinski definition) is 7. The van der Waals surface area contributed by atoms with E-state index in [9.17, 15) is 31.3 Å². The van der Waals surface area contributed by atoms with Crippen molar-refractivity contribution in [2.45, 2.75) is 43.1 Å². The molecule has 1 saturated carbocycles. The third-order valence-corrected chi connectivity index (χ3v) is 6.43. The summed E-state index contributed by atoms with van der Waals surface area (Å²) in [7, 11) is -6.16. The first-order chi connectivity index (χ1) is 12.8. The smallest absolute Gasteiger partial charge is 0.428 e. The van der Waals surface area contributed by atoms with Crippen LogP contribution >= 0.6 is 47.8 Å². The number of hydrogen-bond donors (Lipinski definition) is 0. The predicted octanol–water partition coefficient (Wildman–Crippen LogP) is 4.12. The van der Waals surface area contributed by atoms with Crippen molar-refractivity contribution in [2.24, 2.45) is 0 Å². The van der Waals surface area contributed by atoms with Crippen molar-refractivity contribution < 1.29 is 40.8 Å². The SMILES string of the molecule is O=C(OC1CCC(OC(=O)C(F)(F)S(=O)(=O)[O-])CC1)c1c(Br)cc(Br)cc1Br. The second-order valence-corrected chi connectivity index (χ2v) is 9.97. The molecule has 0 heterocycles. The highest BCUT2D eigenvalue weighted by atomic mass is 79.9. The number of benzene rings is 1. The third kappa shape index (κ3) is 5.49. The quantitative estimate of drug-likeness (QED) is 0.363. The van der Waals surface area contributed by atoms with E-state index in [0.29, 0.717) is 8.95 Å². The molecule has 0 spiro atoms. The zero-order chi connectivity index (χ0) is 21.3. The number of ether oxygens (including phenoxy) is 2. The molecular formula is C15H12Br3F2O7S-. The molecule has 2 rings (SSSR count). The lowest BCUT2D eigenvalue weighted by atomic mass is 9.95. The van der Waals surface area contributed by atoms with Gasteiger partial charge in [0.25, 0.3) is 0 Å². The van der Waals surface area contributed by atoms with Crippen LogP contribution in [0.2, 0.25) is 0 Å². The second-order valence-electron chi connectivity index (χ2n) is 5.92. The van der Waals surface area contributed by atoms with Crippen molar-refractivity contribution >= 4 is 69.8 Å². The topological polar surface area (TPSA) is 110 Å². The fourth-order valence-corrected chi connectivity index (χ4v) is 5.37. The van der Waals surface area contributed by atoms with Crippen LogP contribution in [0.5, 0.6) is 0 Å². The number of alkyl halides is 2. The standard InChI is InChI=1S/C15H13Br3F2O7S/c16-7-5-10(17)12(11(18)6-7)13(21)26-8-1-3-9(4-2-8)27-14(22)15(19,20)28(23,24)25/h5-6,8-9H,1-4H2,(H,23,24,25)/p-1. The van der Waals surface area contributed by atoms with Crippen LogP contribution in [0.4, 0.5) is 8.78 Å². The van der Waals surface area contributed by atoms with Crippen molar-refractivity contribution in [3.63, 3.8) is 0 Å². The number of halogens is 5. The van der Waals surface area contributed by atoms with Gasteiger partial charge in [-0.05, 0) is 69.7 Å². The van der Waals surface area contributed by atoms with E-state index in [4.69, 9.17) is 4.74 Å². The molecule has 0 amide bonds. The van der Waals surface area contributed by atoms with Gasteiger partial charge in [-0.1, -0.05) is 15.9 Å². The maximum atomic E-state index is 13.2. The summed E-state index contributed by atoms with van der Waals surface area (Å²) < 4.78 is 69.3. The van der Waals surface area contributed by atoms with Crippen LogP contribution in [0.3, 0.4) is 0 Å². The number of carbonyl (C=O) groups excluding carboxylic acids is 2. The molecule has 1 aliphatic carbocycles. The highest BCUT2D eigenvalue weighted by Crippen LogP contribution is 2.32. The van der Waals surface area contributed by atoms with Crippen molar-refractivity contribution in [2.75, 3.05) is 0 Å². The van der Waals surface area contributed by atoms with Gasteiger partial charge in [0.15, 0.2) is 10.1 Å². The Hall–Kier alpha value is -0.630. The first-order valence-electron chi connectivity index (χ1n) is 7.72. The normalized spacial score (nSPS) is 20.5. The first-order valence-corrected chi connectivity index (χ1v) is 11.5. The van der Waals surface area contributed by atoms with Crippen LogP contribution in [0.1, 0.15) is 36.0 Å². The second kappa shape index (κ2) is 9.02. The molecule has 1 aromatic carbocycles. The Kier molecular flexibility index (Phi) is 7.62. The predicted molar refractivity (Wildman–Crippen MR) is 102 cm³/mol. The van der Waals surface area contributed by atoms with Gasteiger partial charge in [-0.2, -0.15) is 8.78 Å². The number of esters is 2. The molecule has 1 aromatic rings. The van der Waals surface area contributed by atoms with Crippen molar-refractivity contribution in [1.29, 1.82) is 0 Å². The molecule has 156 valence electrons. The molecule has 0 unspecified atom stereocenters. The fourth-order valence-electron chi connectivity index (χ4n) is 2.54. The summed E-state index contributed by atoms with van der Waals surface area (Å²) in [5, 5.41) is -5.14. The van der Waals surface area contributed by atoms with Crippen LogP contribution in [-0.2, 0) is 24.4 Å². The maximum Gasteiger partial charge on any atom is 0.428 e. The van der Waals surface area contributed by atoms with Crippen molar-refractivity contribution in [3.05, 3.63) is 31.1 Å². The minimum atomic E-state index is -6.16. The summed E-state index contributed by atoms with van der Waals surface area (Å²) in [6, 6.07) is 3.34. The Morgan fingerprint density at radius 1 is 1.00 bits per heavy atom. The lowest BCUT2D eigenvalue weighted by Crippen LogP contribution is -2.42. The molecule has 0 saturated heterocycles. The Balaban J connectivity index is 1.93. The molecule has 1 fully saturated rings. The summed E-state index contributed by atoms with van der Waals surface area (Å²) in [5.74, 6) is -3.00. The Labute approximate surface area is 184 Å². The molecule has 0 aliphatic heterocycles. The minimum Gasteiger partial charge on any atom is -0.743 e. The van der Waals surface area contributed by atoms with Gasteiger partial charge in [0.2, 0.25) is 0 Å². The highest BCUT2D eigenvalue weighted by molar-refractivity contribution is 9.11. The molecule has 0 aromatic heterocycles. The molecule has 0 N–H and O–H groups in total. The monoisotopic (exact) mass is 611 g/mol. The van der Waals surface area contributed by atoms with E-state index in [2.05, 4.69) is 52.5 Å². The van der Waals surface area contributed by atoms with E-state index < -0.39 is 39.5 Å². The van der Waals surface area contributed by atoms with E-state index in [1.807, 2.05) is 0 Å². The molecule has 0 atom stereocenters. The number of rotatable bonds is 5. The molecule has 1 aliphatic rings. The van der Waals surface area contributed by atoms with E-state index in [-0.39, 0.29) is 31.2 Å². The van der Waals surface area contributed by atoms with Crippen LogP contribution in [0, 0.1) is 0 Å². The minimum absolute atomic E-state index is 0.0708. The van der Waals surface area contributed by atoms with Gasteiger partial charge in [-0.3, -0.25) is 0 Å². The van der Waals surface area contributed by atoms with Gasteiger partial charge < -0.3 is 14.0 Å². The van der Waals surface area contributed by atoms with E-state index in [1.165, 1.54) is 0 Å². The Morgan fingerprint density at radius 3 is 1.86 bits per heavy atom. The summed E-state index contributed by atoms with van der Waals surface area (Å²) in [5.41, 5.74) is 0.275. The van der Waals surface area contributed by atoms with Crippen LogP contribution in [0.25, 0.3) is 0 Å². The average molecular weight is 614 g/mol. The van der Waals surface area contributed by atoms with Gasteiger partial charge >= 0.3 is 17.2 Å². The lowest BCUT2D eigenvalue weighted by molar-refractivity contribution is -0.169. The summed E-state index contributed by atoms with van der Waals surface area (Å²) in [6.45, 7) is 0. The average Bonchev–Trinajstić information content (AvgIpc) is 2.54. The van der Waals surface area contributed by atoms with Crippen LogP contribution in [0.15, 0.2) is 25.6 Å². The number of carbonyl (C=O) groups is 2. The summed E-state index contributed by atoms with van der Waals surface area (Å²) in [4.78, 5) is 23.7. The van der Waals surface area contributed by atoms with Gasteiger partial charge in [-0.15, -0.1) is 0 Å². The Morgan fingerprint density at radius 2 is 1.43 bits per heavy atom. The van der Waals surface area contributed by atoms with Crippen molar-refractivity contribution in [3.8, 4) is 0 Å². The largest absolute Gasteiger partial charge is 0.743 e. The summed E-state index contributed by atoms with van der Waals surface area (Å²) >= 11 is 9.82. The zero-order valence-corrected chi connectivity index (χ0v) is 19.4. The first kappa shape index (κ1) is 23.6. The lowest BCUT2D eigenvalue weighted by Gasteiger charge is -2.29. The van der Waals surface area contributed by atoms with Crippen LogP contribution in [-0.4, -0.2) is 42.4 Å². The van der Waals surface area contributed by atoms with Gasteiger partial charge in [0, 0.05) is 13.4 Å². The zero-order valence-electron chi connectivity index (χ0n) is 13.8. The molecular weight excluding hydrogens is 602 g/mol. The Bertz CT molecular complexity index is 861.